The van der Waals surface area contributed by atoms with E-state index in [1.54, 1.807) is 30.3 Å². The lowest BCUT2D eigenvalue weighted by Crippen LogP contribution is -2.18. The molecule has 1 aromatic heterocycles. The van der Waals surface area contributed by atoms with E-state index in [4.69, 9.17) is 10.5 Å². The van der Waals surface area contributed by atoms with Crippen molar-refractivity contribution in [2.24, 2.45) is 5.73 Å². The van der Waals surface area contributed by atoms with Gasteiger partial charge in [0.25, 0.3) is 5.91 Å². The van der Waals surface area contributed by atoms with Gasteiger partial charge in [0.2, 0.25) is 0 Å². The molecule has 3 aromatic rings. The Kier molecular flexibility index (Phi) is 5.67. The minimum Gasteiger partial charge on any atom is -0.457 e. The van der Waals surface area contributed by atoms with E-state index in [9.17, 15) is 19.4 Å². The second kappa shape index (κ2) is 8.16. The SMILES string of the molecule is C[C@@H](O)[C@H](O)c1cc(C(N)=O)nc(-c2ccc(Oc3ccc(F)cc3)cc2)c1. The second-order valence-electron chi connectivity index (χ2n) is 6.30. The molecule has 2 aromatic carbocycles. The van der Waals surface area contributed by atoms with Gasteiger partial charge in [0.05, 0.1) is 11.8 Å². The molecule has 0 unspecified atom stereocenters. The van der Waals surface area contributed by atoms with Gasteiger partial charge in [-0.05, 0) is 73.2 Å². The van der Waals surface area contributed by atoms with Crippen molar-refractivity contribution >= 4 is 5.91 Å². The van der Waals surface area contributed by atoms with Gasteiger partial charge < -0.3 is 20.7 Å². The number of aliphatic hydroxyl groups is 2. The number of ether oxygens (including phenoxy) is 1. The quantitative estimate of drug-likeness (QED) is 0.607. The lowest BCUT2D eigenvalue weighted by atomic mass is 10.0. The summed E-state index contributed by atoms with van der Waals surface area (Å²) >= 11 is 0. The summed E-state index contributed by atoms with van der Waals surface area (Å²) in [6.07, 6.45) is -2.21. The lowest BCUT2D eigenvalue weighted by molar-refractivity contribution is 0.0304. The number of carbonyl (C=O) groups excluding carboxylic acids is 1. The monoisotopic (exact) mass is 382 g/mol. The van der Waals surface area contributed by atoms with Crippen molar-refractivity contribution in [1.82, 2.24) is 4.98 Å². The van der Waals surface area contributed by atoms with Crippen molar-refractivity contribution in [2.45, 2.75) is 19.1 Å². The zero-order chi connectivity index (χ0) is 20.3. The minimum absolute atomic E-state index is 0.0150. The largest absolute Gasteiger partial charge is 0.457 e. The summed E-state index contributed by atoms with van der Waals surface area (Å²) in [4.78, 5) is 15.8. The lowest BCUT2D eigenvalue weighted by Gasteiger charge is -2.16. The van der Waals surface area contributed by atoms with Crippen LogP contribution in [0.2, 0.25) is 0 Å². The molecule has 3 rings (SSSR count). The molecular formula is C21H19FN2O4. The predicted octanol–water partition coefficient (Wildman–Crippen LogP) is 3.19. The first kappa shape index (κ1) is 19.5. The normalized spacial score (nSPS) is 13.0. The molecule has 0 saturated heterocycles. The van der Waals surface area contributed by atoms with Gasteiger partial charge in [-0.15, -0.1) is 0 Å². The van der Waals surface area contributed by atoms with E-state index in [1.165, 1.54) is 37.3 Å². The zero-order valence-corrected chi connectivity index (χ0v) is 15.0. The van der Waals surface area contributed by atoms with E-state index in [1.807, 2.05) is 0 Å². The average Bonchev–Trinajstić information content (AvgIpc) is 2.69. The van der Waals surface area contributed by atoms with Crippen molar-refractivity contribution in [3.05, 3.63) is 77.7 Å². The molecule has 0 aliphatic heterocycles. The van der Waals surface area contributed by atoms with E-state index in [0.29, 0.717) is 28.3 Å². The van der Waals surface area contributed by atoms with Gasteiger partial charge in [-0.2, -0.15) is 0 Å². The molecule has 1 amide bonds. The van der Waals surface area contributed by atoms with Crippen LogP contribution in [0, 0.1) is 5.82 Å². The maximum atomic E-state index is 13.0. The molecule has 28 heavy (non-hydrogen) atoms. The topological polar surface area (TPSA) is 106 Å². The number of pyridine rings is 1. The molecule has 0 saturated carbocycles. The van der Waals surface area contributed by atoms with E-state index < -0.39 is 18.1 Å². The van der Waals surface area contributed by atoms with Crippen LogP contribution >= 0.6 is 0 Å². The van der Waals surface area contributed by atoms with Crippen LogP contribution in [0.1, 0.15) is 29.1 Å². The van der Waals surface area contributed by atoms with Gasteiger partial charge in [0.1, 0.15) is 29.1 Å². The number of hydrogen-bond acceptors (Lipinski definition) is 5. The fraction of sp³-hybridized carbons (Fsp3) is 0.143. The molecule has 0 bridgehead atoms. The second-order valence-corrected chi connectivity index (χ2v) is 6.30. The maximum Gasteiger partial charge on any atom is 0.267 e. The highest BCUT2D eigenvalue weighted by Gasteiger charge is 2.18. The standard InChI is InChI=1S/C21H19FN2O4/c1-12(25)20(26)14-10-18(24-19(11-14)21(23)27)13-2-6-16(7-3-13)28-17-8-4-15(22)5-9-17/h2-12,20,25-26H,1H3,(H2,23,27)/t12-,20+/m1/s1. The van der Waals surface area contributed by atoms with Crippen LogP contribution in [0.3, 0.4) is 0 Å². The number of rotatable bonds is 6. The first-order valence-electron chi connectivity index (χ1n) is 8.55. The van der Waals surface area contributed by atoms with E-state index >= 15 is 0 Å². The highest BCUT2D eigenvalue weighted by Crippen LogP contribution is 2.28. The highest BCUT2D eigenvalue weighted by atomic mass is 19.1. The minimum atomic E-state index is -1.18. The van der Waals surface area contributed by atoms with Gasteiger partial charge in [-0.1, -0.05) is 0 Å². The molecule has 0 aliphatic carbocycles. The van der Waals surface area contributed by atoms with Crippen molar-refractivity contribution in [3.8, 4) is 22.8 Å². The first-order valence-corrected chi connectivity index (χ1v) is 8.55. The molecular weight excluding hydrogens is 363 g/mol. The van der Waals surface area contributed by atoms with Crippen LogP contribution in [0.25, 0.3) is 11.3 Å². The number of nitrogens with zero attached hydrogens (tertiary/aromatic N) is 1. The predicted molar refractivity (Wildman–Crippen MR) is 101 cm³/mol. The first-order chi connectivity index (χ1) is 13.3. The fourth-order valence-electron chi connectivity index (χ4n) is 2.61. The Morgan fingerprint density at radius 1 is 1.04 bits per heavy atom. The molecule has 0 aliphatic rings. The maximum absolute atomic E-state index is 13.0. The summed E-state index contributed by atoms with van der Waals surface area (Å²) in [6, 6.07) is 15.4. The summed E-state index contributed by atoms with van der Waals surface area (Å²) in [5.74, 6) is -0.0635. The smallest absolute Gasteiger partial charge is 0.267 e. The molecule has 7 heteroatoms. The van der Waals surface area contributed by atoms with Crippen molar-refractivity contribution < 1.29 is 24.1 Å². The average molecular weight is 382 g/mol. The van der Waals surface area contributed by atoms with Gasteiger partial charge in [-0.25, -0.2) is 9.37 Å². The number of benzene rings is 2. The summed E-state index contributed by atoms with van der Waals surface area (Å²) < 4.78 is 18.6. The van der Waals surface area contributed by atoms with Crippen LogP contribution in [-0.2, 0) is 0 Å². The Morgan fingerprint density at radius 3 is 2.14 bits per heavy atom. The van der Waals surface area contributed by atoms with E-state index in [2.05, 4.69) is 4.98 Å². The summed E-state index contributed by atoms with van der Waals surface area (Å²) in [7, 11) is 0. The Bertz CT molecular complexity index is 973. The van der Waals surface area contributed by atoms with Gasteiger partial charge in [-0.3, -0.25) is 4.79 Å². The van der Waals surface area contributed by atoms with Crippen LogP contribution in [0.15, 0.2) is 60.7 Å². The van der Waals surface area contributed by atoms with Crippen LogP contribution in [0.4, 0.5) is 4.39 Å². The third-order valence-electron chi connectivity index (χ3n) is 4.10. The molecule has 144 valence electrons. The van der Waals surface area contributed by atoms with Crippen molar-refractivity contribution in [3.63, 3.8) is 0 Å². The molecule has 4 N–H and O–H groups in total. The van der Waals surface area contributed by atoms with Gasteiger partial charge >= 0.3 is 0 Å². The molecule has 0 fully saturated rings. The Balaban J connectivity index is 1.90. The van der Waals surface area contributed by atoms with Crippen LogP contribution in [0.5, 0.6) is 11.5 Å². The Labute approximate surface area is 161 Å². The van der Waals surface area contributed by atoms with Gasteiger partial charge in [0.15, 0.2) is 0 Å². The number of halogens is 1. The molecule has 1 heterocycles. The number of carbonyl (C=O) groups is 1. The Morgan fingerprint density at radius 2 is 1.61 bits per heavy atom. The van der Waals surface area contributed by atoms with E-state index in [0.717, 1.165) is 0 Å². The number of aliphatic hydroxyl groups excluding tert-OH is 2. The summed E-state index contributed by atoms with van der Waals surface area (Å²) in [6.45, 7) is 1.44. The number of primary amides is 1. The van der Waals surface area contributed by atoms with Crippen molar-refractivity contribution in [2.75, 3.05) is 0 Å². The zero-order valence-electron chi connectivity index (χ0n) is 15.0. The van der Waals surface area contributed by atoms with Crippen molar-refractivity contribution in [1.29, 1.82) is 0 Å². The van der Waals surface area contributed by atoms with Gasteiger partial charge in [0, 0.05) is 5.56 Å². The molecule has 2 atom stereocenters. The third kappa shape index (κ3) is 4.51. The molecule has 0 radical (unpaired) electrons. The van der Waals surface area contributed by atoms with Crippen LogP contribution < -0.4 is 10.5 Å². The molecule has 6 nitrogen and oxygen atoms in total. The number of amides is 1. The van der Waals surface area contributed by atoms with Crippen LogP contribution in [-0.4, -0.2) is 27.2 Å². The summed E-state index contributed by atoms with van der Waals surface area (Å²) in [5.41, 5.74) is 6.73. The summed E-state index contributed by atoms with van der Waals surface area (Å²) in [5, 5.41) is 19.8. The Hall–Kier alpha value is -3.29. The number of aromatic nitrogens is 1. The third-order valence-corrected chi connectivity index (χ3v) is 4.10. The molecule has 0 spiro atoms. The number of nitrogens with two attached hydrogens (primary N) is 1. The number of hydrogen-bond donors (Lipinski definition) is 3. The highest BCUT2D eigenvalue weighted by molar-refractivity contribution is 5.91. The van der Waals surface area contributed by atoms with E-state index in [-0.39, 0.29) is 11.5 Å². The fourth-order valence-corrected chi connectivity index (χ4v) is 2.61.